The Morgan fingerprint density at radius 1 is 1.29 bits per heavy atom. The number of thiophene rings is 1. The third-order valence-electron chi connectivity index (χ3n) is 4.81. The molecule has 0 saturated heterocycles. The van der Waals surface area contributed by atoms with E-state index in [2.05, 4.69) is 5.32 Å². The number of hydrogen-bond donors (Lipinski definition) is 3. The van der Waals surface area contributed by atoms with Crippen LogP contribution in [-0.2, 0) is 6.42 Å². The number of carboxylic acid groups (broad SMARTS) is 1. The van der Waals surface area contributed by atoms with Gasteiger partial charge >= 0.3 is 17.9 Å². The fourth-order valence-electron chi connectivity index (χ4n) is 3.00. The van der Waals surface area contributed by atoms with Gasteiger partial charge in [0.2, 0.25) is 0 Å². The molecule has 3 N–H and O–H groups in total. The number of aryl methyl sites for hydroxylation is 1. The second kappa shape index (κ2) is 11.7. The third kappa shape index (κ3) is 8.22. The predicted octanol–water partition coefficient (Wildman–Crippen LogP) is 5.85. The number of aromatic hydroxyl groups is 1. The van der Waals surface area contributed by atoms with E-state index in [4.69, 9.17) is 9.52 Å². The number of carbonyl (C=O) groups is 2. The zero-order valence-electron chi connectivity index (χ0n) is 18.4. The van der Waals surface area contributed by atoms with Gasteiger partial charge in [0.1, 0.15) is 17.1 Å². The van der Waals surface area contributed by atoms with Crippen LogP contribution in [0.3, 0.4) is 0 Å². The number of hydrogen-bond acceptors (Lipinski definition) is 6. The Morgan fingerprint density at radius 3 is 2.62 bits per heavy atom. The number of ketones is 1. The van der Waals surface area contributed by atoms with E-state index in [1.54, 1.807) is 25.1 Å². The van der Waals surface area contributed by atoms with E-state index < -0.39 is 41.4 Å². The second-order valence-corrected chi connectivity index (χ2v) is 8.80. The summed E-state index contributed by atoms with van der Waals surface area (Å²) in [6.45, 7) is 3.18. The van der Waals surface area contributed by atoms with Crippen molar-refractivity contribution in [3.63, 3.8) is 0 Å². The first-order valence-electron chi connectivity index (χ1n) is 10.3. The first kappa shape index (κ1) is 26.9. The SMILES string of the molecule is C/C(=C/c1ccc(CCC(F)(F)F)s1)C(=O)c1c(O)cc(C(C)CC/C=C/NC(=O)O)oc1=O. The van der Waals surface area contributed by atoms with Crippen LogP contribution in [0, 0.1) is 0 Å². The molecule has 0 fully saturated rings. The van der Waals surface area contributed by atoms with Crippen LogP contribution < -0.4 is 10.9 Å². The third-order valence-corrected chi connectivity index (χ3v) is 5.90. The van der Waals surface area contributed by atoms with Gasteiger partial charge in [-0.3, -0.25) is 10.1 Å². The Bertz CT molecular complexity index is 1150. The van der Waals surface area contributed by atoms with E-state index >= 15 is 0 Å². The van der Waals surface area contributed by atoms with E-state index in [0.717, 1.165) is 11.3 Å². The first-order chi connectivity index (χ1) is 15.9. The number of carbonyl (C=O) groups excluding carboxylic acids is 1. The van der Waals surface area contributed by atoms with Gasteiger partial charge in [0.15, 0.2) is 5.78 Å². The van der Waals surface area contributed by atoms with Gasteiger partial charge in [0.05, 0.1) is 0 Å². The fourth-order valence-corrected chi connectivity index (χ4v) is 4.02. The van der Waals surface area contributed by atoms with Crippen LogP contribution in [0.1, 0.15) is 64.9 Å². The minimum atomic E-state index is -4.25. The van der Waals surface area contributed by atoms with E-state index in [1.165, 1.54) is 25.3 Å². The maximum absolute atomic E-state index is 12.7. The lowest BCUT2D eigenvalue weighted by Crippen LogP contribution is -2.16. The molecule has 2 rings (SSSR count). The maximum atomic E-state index is 12.7. The molecular formula is C23H24F3NO6S. The molecule has 7 nitrogen and oxygen atoms in total. The molecule has 184 valence electrons. The van der Waals surface area contributed by atoms with Crippen molar-refractivity contribution < 1.29 is 37.4 Å². The molecule has 34 heavy (non-hydrogen) atoms. The van der Waals surface area contributed by atoms with Crippen molar-refractivity contribution in [3.8, 4) is 5.75 Å². The van der Waals surface area contributed by atoms with Gasteiger partial charge in [-0.05, 0) is 50.0 Å². The molecule has 0 aliphatic rings. The summed E-state index contributed by atoms with van der Waals surface area (Å²) in [7, 11) is 0. The number of nitrogens with one attached hydrogen (secondary N) is 1. The summed E-state index contributed by atoms with van der Waals surface area (Å²) in [4.78, 5) is 36.6. The van der Waals surface area contributed by atoms with E-state index in [9.17, 15) is 32.7 Å². The van der Waals surface area contributed by atoms with Gasteiger partial charge < -0.3 is 14.6 Å². The standard InChI is InChI=1S/C23H24F3NO6S/c1-13(5-3-4-10-27-22(31)32)18-12-17(28)19(21(30)33-18)20(29)14(2)11-16-7-6-15(34-16)8-9-23(24,25)26/h4,6-7,10-13,27-28H,3,5,8-9H2,1-2H3,(H,31,32)/b10-4+,14-11-. The number of Topliss-reactive ketones (excluding diaryl/α,β-unsaturated/α-hetero) is 1. The Kier molecular flexibility index (Phi) is 9.25. The van der Waals surface area contributed by atoms with Crippen molar-refractivity contribution in [2.24, 2.45) is 0 Å². The summed E-state index contributed by atoms with van der Waals surface area (Å²) in [5, 5.41) is 20.9. The average Bonchev–Trinajstić information content (AvgIpc) is 3.17. The van der Waals surface area contributed by atoms with Crippen LogP contribution in [0.25, 0.3) is 6.08 Å². The highest BCUT2D eigenvalue weighted by Gasteiger charge is 2.27. The average molecular weight is 500 g/mol. The normalized spacial score (nSPS) is 13.3. The predicted molar refractivity (Wildman–Crippen MR) is 121 cm³/mol. The molecule has 0 aromatic carbocycles. The van der Waals surface area contributed by atoms with Crippen LogP contribution in [0.15, 0.2) is 45.3 Å². The lowest BCUT2D eigenvalue weighted by molar-refractivity contribution is -0.133. The van der Waals surface area contributed by atoms with Crippen molar-refractivity contribution in [2.45, 2.75) is 51.6 Å². The zero-order chi connectivity index (χ0) is 25.5. The quantitative estimate of drug-likeness (QED) is 0.279. The van der Waals surface area contributed by atoms with Gasteiger partial charge in [-0.15, -0.1) is 11.3 Å². The first-order valence-corrected chi connectivity index (χ1v) is 11.1. The molecule has 0 bridgehead atoms. The number of rotatable bonds is 10. The van der Waals surface area contributed by atoms with Gasteiger partial charge in [0.25, 0.3) is 0 Å². The zero-order valence-corrected chi connectivity index (χ0v) is 19.3. The molecule has 0 spiro atoms. The number of alkyl halides is 3. The smallest absolute Gasteiger partial charge is 0.408 e. The van der Waals surface area contributed by atoms with E-state index in [-0.39, 0.29) is 23.7 Å². The summed E-state index contributed by atoms with van der Waals surface area (Å²) >= 11 is 1.11. The molecule has 2 aromatic heterocycles. The molecular weight excluding hydrogens is 475 g/mol. The van der Waals surface area contributed by atoms with Crippen molar-refractivity contribution in [3.05, 3.63) is 67.5 Å². The Labute approximate surface area is 197 Å². The largest absolute Gasteiger partial charge is 0.507 e. The van der Waals surface area contributed by atoms with Crippen LogP contribution in [0.2, 0.25) is 0 Å². The van der Waals surface area contributed by atoms with Crippen LogP contribution >= 0.6 is 11.3 Å². The molecule has 2 aromatic rings. The molecule has 0 aliphatic heterocycles. The summed E-state index contributed by atoms with van der Waals surface area (Å²) in [6, 6.07) is 4.34. The van der Waals surface area contributed by atoms with Crippen molar-refractivity contribution in [1.82, 2.24) is 5.32 Å². The number of amides is 1. The van der Waals surface area contributed by atoms with Crippen LogP contribution in [0.5, 0.6) is 5.75 Å². The summed E-state index contributed by atoms with van der Waals surface area (Å²) in [6.07, 6.45) is -1.28. The minimum absolute atomic E-state index is 0.115. The molecule has 0 saturated carbocycles. The topological polar surface area (TPSA) is 117 Å². The Morgan fingerprint density at radius 2 is 2.00 bits per heavy atom. The molecule has 0 radical (unpaired) electrons. The highest BCUT2D eigenvalue weighted by Crippen LogP contribution is 2.28. The van der Waals surface area contributed by atoms with Gasteiger partial charge in [-0.1, -0.05) is 13.0 Å². The monoisotopic (exact) mass is 499 g/mol. The number of allylic oxidation sites excluding steroid dienone is 2. The summed E-state index contributed by atoms with van der Waals surface area (Å²) in [5.74, 6) is -1.41. The second-order valence-electron chi connectivity index (χ2n) is 7.60. The lowest BCUT2D eigenvalue weighted by Gasteiger charge is -2.11. The van der Waals surface area contributed by atoms with Gasteiger partial charge in [-0.2, -0.15) is 13.2 Å². The van der Waals surface area contributed by atoms with Crippen molar-refractivity contribution in [2.75, 3.05) is 0 Å². The van der Waals surface area contributed by atoms with Gasteiger partial charge in [-0.25, -0.2) is 9.59 Å². The molecule has 0 aliphatic carbocycles. The van der Waals surface area contributed by atoms with Crippen LogP contribution in [-0.4, -0.2) is 28.3 Å². The molecule has 1 amide bonds. The lowest BCUT2D eigenvalue weighted by atomic mass is 10.00. The molecule has 2 heterocycles. The van der Waals surface area contributed by atoms with Gasteiger partial charge in [0, 0.05) is 34.4 Å². The molecule has 1 atom stereocenters. The Hall–Kier alpha value is -3.34. The maximum Gasteiger partial charge on any atom is 0.408 e. The number of halogens is 3. The van der Waals surface area contributed by atoms with Crippen LogP contribution in [0.4, 0.5) is 18.0 Å². The minimum Gasteiger partial charge on any atom is -0.507 e. The van der Waals surface area contributed by atoms with Crippen molar-refractivity contribution in [1.29, 1.82) is 0 Å². The fraction of sp³-hybridized carbons (Fsp3) is 0.348. The molecule has 1 unspecified atom stereocenters. The highest BCUT2D eigenvalue weighted by atomic mass is 32.1. The Balaban J connectivity index is 2.11. The summed E-state index contributed by atoms with van der Waals surface area (Å²) in [5.41, 5.74) is -1.41. The van der Waals surface area contributed by atoms with E-state index in [1.807, 2.05) is 0 Å². The van der Waals surface area contributed by atoms with Crippen molar-refractivity contribution >= 4 is 29.3 Å². The highest BCUT2D eigenvalue weighted by molar-refractivity contribution is 7.12. The summed E-state index contributed by atoms with van der Waals surface area (Å²) < 4.78 is 42.4. The molecule has 11 heteroatoms. The van der Waals surface area contributed by atoms with E-state index in [0.29, 0.717) is 22.6 Å².